The first kappa shape index (κ1) is 12.4. The van der Waals surface area contributed by atoms with Gasteiger partial charge in [-0.2, -0.15) is 0 Å². The molecule has 1 heterocycles. The molecule has 0 aliphatic heterocycles. The van der Waals surface area contributed by atoms with Crippen molar-refractivity contribution in [2.75, 3.05) is 0 Å². The summed E-state index contributed by atoms with van der Waals surface area (Å²) < 4.78 is 31.2. The van der Waals surface area contributed by atoms with Gasteiger partial charge in [0.2, 0.25) is 0 Å². The molecule has 18 heavy (non-hydrogen) atoms. The predicted molar refractivity (Wildman–Crippen MR) is 63.3 cm³/mol. The standard InChI is InChI=1S/C13H12F2N2O/c1-8(16)13-3-2-11(7-17-13)18-12-5-9(14)4-10(15)6-12/h2-8H,16H2,1H3. The Morgan fingerprint density at radius 3 is 2.28 bits per heavy atom. The first-order valence-electron chi connectivity index (χ1n) is 5.40. The molecule has 0 radical (unpaired) electrons. The number of aromatic nitrogens is 1. The SMILES string of the molecule is CC(N)c1ccc(Oc2cc(F)cc(F)c2)cn1. The molecule has 2 rings (SSSR count). The first-order valence-corrected chi connectivity index (χ1v) is 5.40. The van der Waals surface area contributed by atoms with Crippen molar-refractivity contribution in [2.45, 2.75) is 13.0 Å². The van der Waals surface area contributed by atoms with Gasteiger partial charge in [0.05, 0.1) is 11.9 Å². The van der Waals surface area contributed by atoms with E-state index >= 15 is 0 Å². The highest BCUT2D eigenvalue weighted by Crippen LogP contribution is 2.23. The van der Waals surface area contributed by atoms with Crippen LogP contribution in [-0.2, 0) is 0 Å². The van der Waals surface area contributed by atoms with Crippen LogP contribution in [0.1, 0.15) is 18.7 Å². The highest BCUT2D eigenvalue weighted by Gasteiger charge is 2.05. The molecule has 2 aromatic rings. The third kappa shape index (κ3) is 3.01. The third-order valence-electron chi connectivity index (χ3n) is 2.30. The van der Waals surface area contributed by atoms with E-state index in [0.29, 0.717) is 11.4 Å². The summed E-state index contributed by atoms with van der Waals surface area (Å²) in [6, 6.07) is 6.16. The molecule has 0 spiro atoms. The van der Waals surface area contributed by atoms with Gasteiger partial charge in [-0.15, -0.1) is 0 Å². The monoisotopic (exact) mass is 250 g/mol. The number of nitrogens with two attached hydrogens (primary N) is 1. The molecule has 1 atom stereocenters. The molecule has 0 bridgehead atoms. The molecule has 0 saturated carbocycles. The fourth-order valence-corrected chi connectivity index (χ4v) is 1.44. The maximum Gasteiger partial charge on any atom is 0.145 e. The Morgan fingerprint density at radius 2 is 1.78 bits per heavy atom. The predicted octanol–water partition coefficient (Wildman–Crippen LogP) is 3.17. The second-order valence-corrected chi connectivity index (χ2v) is 3.91. The summed E-state index contributed by atoms with van der Waals surface area (Å²) in [7, 11) is 0. The van der Waals surface area contributed by atoms with Gasteiger partial charge in [-0.05, 0) is 19.1 Å². The summed E-state index contributed by atoms with van der Waals surface area (Å²) in [6.07, 6.45) is 1.46. The Bertz CT molecular complexity index is 521. The molecule has 5 heteroatoms. The Morgan fingerprint density at radius 1 is 1.11 bits per heavy atom. The van der Waals surface area contributed by atoms with Gasteiger partial charge in [-0.25, -0.2) is 8.78 Å². The fraction of sp³-hybridized carbons (Fsp3) is 0.154. The van der Waals surface area contributed by atoms with E-state index in [1.165, 1.54) is 6.20 Å². The van der Waals surface area contributed by atoms with Crippen molar-refractivity contribution in [1.82, 2.24) is 4.98 Å². The Kier molecular flexibility index (Phi) is 3.53. The number of halogens is 2. The smallest absolute Gasteiger partial charge is 0.145 e. The number of hydrogen-bond donors (Lipinski definition) is 1. The topological polar surface area (TPSA) is 48.1 Å². The van der Waals surface area contributed by atoms with Crippen molar-refractivity contribution in [2.24, 2.45) is 5.73 Å². The van der Waals surface area contributed by atoms with Gasteiger partial charge in [0.25, 0.3) is 0 Å². The fourth-order valence-electron chi connectivity index (χ4n) is 1.44. The average Bonchev–Trinajstić information content (AvgIpc) is 2.28. The average molecular weight is 250 g/mol. The minimum atomic E-state index is -0.690. The highest BCUT2D eigenvalue weighted by atomic mass is 19.1. The quantitative estimate of drug-likeness (QED) is 0.910. The maximum absolute atomic E-state index is 12.9. The molecular weight excluding hydrogens is 238 g/mol. The van der Waals surface area contributed by atoms with Crippen LogP contribution in [0.4, 0.5) is 8.78 Å². The minimum Gasteiger partial charge on any atom is -0.456 e. The van der Waals surface area contributed by atoms with Crippen molar-refractivity contribution < 1.29 is 13.5 Å². The van der Waals surface area contributed by atoms with Crippen LogP contribution >= 0.6 is 0 Å². The van der Waals surface area contributed by atoms with E-state index in [1.807, 2.05) is 6.92 Å². The third-order valence-corrected chi connectivity index (χ3v) is 2.30. The zero-order valence-corrected chi connectivity index (χ0v) is 9.73. The molecule has 1 aromatic carbocycles. The molecule has 0 fully saturated rings. The zero-order chi connectivity index (χ0) is 13.1. The van der Waals surface area contributed by atoms with Crippen LogP contribution in [-0.4, -0.2) is 4.98 Å². The number of ether oxygens (including phenoxy) is 1. The molecule has 2 N–H and O–H groups in total. The van der Waals surface area contributed by atoms with Crippen LogP contribution in [0.3, 0.4) is 0 Å². The van der Waals surface area contributed by atoms with Gasteiger partial charge in [0.1, 0.15) is 23.1 Å². The summed E-state index contributed by atoms with van der Waals surface area (Å²) >= 11 is 0. The lowest BCUT2D eigenvalue weighted by Crippen LogP contribution is -2.06. The van der Waals surface area contributed by atoms with Crippen molar-refractivity contribution in [3.63, 3.8) is 0 Å². The number of rotatable bonds is 3. The molecule has 3 nitrogen and oxygen atoms in total. The molecule has 0 aliphatic rings. The van der Waals surface area contributed by atoms with Gasteiger partial charge in [-0.1, -0.05) is 0 Å². The van der Waals surface area contributed by atoms with Crippen molar-refractivity contribution >= 4 is 0 Å². The maximum atomic E-state index is 12.9. The van der Waals surface area contributed by atoms with E-state index in [1.54, 1.807) is 12.1 Å². The zero-order valence-electron chi connectivity index (χ0n) is 9.73. The lowest BCUT2D eigenvalue weighted by atomic mass is 10.2. The van der Waals surface area contributed by atoms with Gasteiger partial charge < -0.3 is 10.5 Å². The summed E-state index contributed by atoms with van der Waals surface area (Å²) in [6.45, 7) is 1.81. The second kappa shape index (κ2) is 5.10. The van der Waals surface area contributed by atoms with Gasteiger partial charge in [0, 0.05) is 24.2 Å². The summed E-state index contributed by atoms with van der Waals surface area (Å²) in [5.41, 5.74) is 6.37. The molecule has 0 amide bonds. The summed E-state index contributed by atoms with van der Waals surface area (Å²) in [5, 5.41) is 0. The lowest BCUT2D eigenvalue weighted by Gasteiger charge is -2.08. The Balaban J connectivity index is 2.18. The lowest BCUT2D eigenvalue weighted by molar-refractivity contribution is 0.465. The minimum absolute atomic E-state index is 0.0860. The van der Waals surface area contributed by atoms with E-state index in [4.69, 9.17) is 10.5 Å². The first-order chi connectivity index (χ1) is 8.54. The number of pyridine rings is 1. The van der Waals surface area contributed by atoms with E-state index in [-0.39, 0.29) is 11.8 Å². The van der Waals surface area contributed by atoms with Gasteiger partial charge in [-0.3, -0.25) is 4.98 Å². The van der Waals surface area contributed by atoms with E-state index < -0.39 is 11.6 Å². The van der Waals surface area contributed by atoms with Crippen LogP contribution in [0.2, 0.25) is 0 Å². The van der Waals surface area contributed by atoms with Crippen LogP contribution in [0.5, 0.6) is 11.5 Å². The largest absolute Gasteiger partial charge is 0.456 e. The van der Waals surface area contributed by atoms with Crippen molar-refractivity contribution in [3.8, 4) is 11.5 Å². The summed E-state index contributed by atoms with van der Waals surface area (Å²) in [4.78, 5) is 4.08. The van der Waals surface area contributed by atoms with E-state index in [0.717, 1.165) is 18.2 Å². The normalized spacial score (nSPS) is 12.2. The van der Waals surface area contributed by atoms with Gasteiger partial charge in [0.15, 0.2) is 0 Å². The molecule has 0 saturated heterocycles. The second-order valence-electron chi connectivity index (χ2n) is 3.91. The highest BCUT2D eigenvalue weighted by molar-refractivity contribution is 5.31. The summed E-state index contributed by atoms with van der Waals surface area (Å²) in [5.74, 6) is -0.900. The number of hydrogen-bond acceptors (Lipinski definition) is 3. The van der Waals surface area contributed by atoms with Crippen molar-refractivity contribution in [3.05, 3.63) is 53.9 Å². The van der Waals surface area contributed by atoms with E-state index in [9.17, 15) is 8.78 Å². The van der Waals surface area contributed by atoms with Crippen LogP contribution in [0.15, 0.2) is 36.5 Å². The van der Waals surface area contributed by atoms with Crippen molar-refractivity contribution in [1.29, 1.82) is 0 Å². The molecule has 94 valence electrons. The Labute approximate surface area is 103 Å². The molecule has 0 aliphatic carbocycles. The number of nitrogens with zero attached hydrogens (tertiary/aromatic N) is 1. The van der Waals surface area contributed by atoms with Crippen LogP contribution in [0.25, 0.3) is 0 Å². The Hall–Kier alpha value is -2.01. The van der Waals surface area contributed by atoms with Gasteiger partial charge >= 0.3 is 0 Å². The number of benzene rings is 1. The van der Waals surface area contributed by atoms with Crippen LogP contribution < -0.4 is 10.5 Å². The molecule has 1 aromatic heterocycles. The molecular formula is C13H12F2N2O. The van der Waals surface area contributed by atoms with E-state index in [2.05, 4.69) is 4.98 Å². The molecule has 1 unspecified atom stereocenters. The van der Waals surface area contributed by atoms with Crippen LogP contribution in [0, 0.1) is 11.6 Å².